The van der Waals surface area contributed by atoms with Gasteiger partial charge in [-0.05, 0) is 24.6 Å². The lowest BCUT2D eigenvalue weighted by Crippen LogP contribution is -2.48. The first-order chi connectivity index (χ1) is 8.06. The van der Waals surface area contributed by atoms with Crippen molar-refractivity contribution in [3.05, 3.63) is 34.1 Å². The summed E-state index contributed by atoms with van der Waals surface area (Å²) in [6.45, 7) is 2.42. The summed E-state index contributed by atoms with van der Waals surface area (Å²) in [6, 6.07) is 4.87. The fourth-order valence-corrected chi connectivity index (χ4v) is 2.67. The Bertz CT molecular complexity index is 361. The minimum atomic E-state index is -0.335. The lowest BCUT2D eigenvalue weighted by Gasteiger charge is -2.29. The molecule has 0 fully saturated rings. The normalized spacial score (nSPS) is 11.8. The summed E-state index contributed by atoms with van der Waals surface area (Å²) in [7, 11) is 0. The molecule has 0 bridgehead atoms. The van der Waals surface area contributed by atoms with E-state index in [1.165, 1.54) is 6.07 Å². The second-order valence-electron chi connectivity index (χ2n) is 3.99. The van der Waals surface area contributed by atoms with Crippen molar-refractivity contribution in [2.45, 2.75) is 25.4 Å². The first-order valence-electron chi connectivity index (χ1n) is 5.38. The number of halogens is 4. The van der Waals surface area contributed by atoms with Gasteiger partial charge >= 0.3 is 0 Å². The van der Waals surface area contributed by atoms with Gasteiger partial charge in [0, 0.05) is 33.9 Å². The molecule has 0 radical (unpaired) electrons. The van der Waals surface area contributed by atoms with E-state index in [-0.39, 0.29) is 11.4 Å². The van der Waals surface area contributed by atoms with Gasteiger partial charge in [0.25, 0.3) is 0 Å². The lowest BCUT2D eigenvalue weighted by atomic mass is 10.0. The average molecular weight is 343 g/mol. The molecule has 0 aromatic heterocycles. The third kappa shape index (κ3) is 4.09. The van der Waals surface area contributed by atoms with Crippen molar-refractivity contribution in [2.24, 2.45) is 0 Å². The van der Waals surface area contributed by atoms with Crippen molar-refractivity contribution < 1.29 is 4.39 Å². The van der Waals surface area contributed by atoms with E-state index in [9.17, 15) is 4.39 Å². The Hall–Kier alpha value is 0.170. The van der Waals surface area contributed by atoms with Crippen LogP contribution < -0.4 is 5.32 Å². The van der Waals surface area contributed by atoms with E-state index in [2.05, 4.69) is 21.2 Å². The molecule has 0 saturated carbocycles. The van der Waals surface area contributed by atoms with E-state index in [0.29, 0.717) is 23.9 Å². The second-order valence-corrected chi connectivity index (χ2v) is 5.44. The molecule has 0 aliphatic rings. The Morgan fingerprint density at radius 1 is 1.35 bits per heavy atom. The molecule has 0 aliphatic carbocycles. The molecule has 0 unspecified atom stereocenters. The molecular formula is C12H15BrCl2FN. The predicted molar refractivity (Wildman–Crippen MR) is 75.4 cm³/mol. The molecular weight excluding hydrogens is 328 g/mol. The van der Waals surface area contributed by atoms with Gasteiger partial charge in [0.2, 0.25) is 0 Å². The van der Waals surface area contributed by atoms with Gasteiger partial charge in [0.15, 0.2) is 0 Å². The highest BCUT2D eigenvalue weighted by atomic mass is 79.9. The number of hydrogen-bond acceptors (Lipinski definition) is 1. The molecule has 0 saturated heterocycles. The molecule has 0 heterocycles. The molecule has 96 valence electrons. The number of alkyl halides is 2. The van der Waals surface area contributed by atoms with Crippen LogP contribution in [0.15, 0.2) is 22.7 Å². The number of nitrogens with one attached hydrogen (secondary N) is 1. The number of rotatable bonds is 6. The van der Waals surface area contributed by atoms with E-state index >= 15 is 0 Å². The lowest BCUT2D eigenvalue weighted by molar-refractivity contribution is 0.381. The summed E-state index contributed by atoms with van der Waals surface area (Å²) in [5.41, 5.74) is 0.269. The van der Waals surface area contributed by atoms with Crippen molar-refractivity contribution in [3.8, 4) is 0 Å². The van der Waals surface area contributed by atoms with Gasteiger partial charge in [-0.2, -0.15) is 0 Å². The summed E-state index contributed by atoms with van der Waals surface area (Å²) >= 11 is 15.1. The van der Waals surface area contributed by atoms with Crippen LogP contribution in [0.4, 0.5) is 4.39 Å². The van der Waals surface area contributed by atoms with Crippen LogP contribution in [0.2, 0.25) is 0 Å². The standard InChI is InChI=1S/C12H15BrCl2FN/c1-2-12(7-14,8-15)17-6-9-5-10(13)3-4-11(9)16/h3-5,17H,2,6-8H2,1H3. The average Bonchev–Trinajstić information content (AvgIpc) is 2.35. The quantitative estimate of drug-likeness (QED) is 0.760. The van der Waals surface area contributed by atoms with Crippen LogP contribution in [0.1, 0.15) is 18.9 Å². The Morgan fingerprint density at radius 3 is 2.53 bits per heavy atom. The van der Waals surface area contributed by atoms with Gasteiger partial charge in [-0.15, -0.1) is 23.2 Å². The third-order valence-corrected chi connectivity index (χ3v) is 4.37. The maximum absolute atomic E-state index is 13.5. The maximum Gasteiger partial charge on any atom is 0.127 e. The van der Waals surface area contributed by atoms with Crippen LogP contribution in [0.5, 0.6) is 0 Å². The van der Waals surface area contributed by atoms with E-state index in [0.717, 1.165) is 10.9 Å². The monoisotopic (exact) mass is 341 g/mol. The van der Waals surface area contributed by atoms with Crippen LogP contribution in [0.3, 0.4) is 0 Å². The van der Waals surface area contributed by atoms with Crippen molar-refractivity contribution in [2.75, 3.05) is 11.8 Å². The SMILES string of the molecule is CCC(CCl)(CCl)NCc1cc(Br)ccc1F. The Kier molecular flexibility index (Phi) is 6.21. The third-order valence-electron chi connectivity index (χ3n) is 2.85. The minimum absolute atomic E-state index is 0.227. The Labute approximate surface area is 120 Å². The van der Waals surface area contributed by atoms with Crippen LogP contribution in [0.25, 0.3) is 0 Å². The molecule has 1 nitrogen and oxygen atoms in total. The fourth-order valence-electron chi connectivity index (χ4n) is 1.41. The Morgan fingerprint density at radius 2 is 2.00 bits per heavy atom. The van der Waals surface area contributed by atoms with Gasteiger partial charge in [0.1, 0.15) is 5.82 Å². The summed E-state index contributed by atoms with van der Waals surface area (Å²) in [6.07, 6.45) is 0.801. The maximum atomic E-state index is 13.5. The summed E-state index contributed by atoms with van der Waals surface area (Å²) in [5.74, 6) is 0.584. The highest BCUT2D eigenvalue weighted by Crippen LogP contribution is 2.19. The topological polar surface area (TPSA) is 12.0 Å². The zero-order valence-electron chi connectivity index (χ0n) is 9.57. The van der Waals surface area contributed by atoms with E-state index in [1.807, 2.05) is 6.92 Å². The van der Waals surface area contributed by atoms with Gasteiger partial charge < -0.3 is 5.32 Å². The largest absolute Gasteiger partial charge is 0.305 e. The van der Waals surface area contributed by atoms with Crippen LogP contribution in [0, 0.1) is 5.82 Å². The van der Waals surface area contributed by atoms with Crippen molar-refractivity contribution in [1.82, 2.24) is 5.32 Å². The van der Waals surface area contributed by atoms with Gasteiger partial charge in [-0.1, -0.05) is 22.9 Å². The molecule has 0 aliphatic heterocycles. The molecule has 1 aromatic rings. The molecule has 1 N–H and O–H groups in total. The Balaban J connectivity index is 2.75. The van der Waals surface area contributed by atoms with Crippen molar-refractivity contribution >= 4 is 39.1 Å². The molecule has 1 aromatic carbocycles. The van der Waals surface area contributed by atoms with E-state index < -0.39 is 0 Å². The summed E-state index contributed by atoms with van der Waals surface area (Å²) in [4.78, 5) is 0. The highest BCUT2D eigenvalue weighted by Gasteiger charge is 2.25. The van der Waals surface area contributed by atoms with Gasteiger partial charge in [-0.25, -0.2) is 4.39 Å². The summed E-state index contributed by atoms with van der Waals surface area (Å²) < 4.78 is 14.4. The second kappa shape index (κ2) is 6.93. The minimum Gasteiger partial charge on any atom is -0.305 e. The smallest absolute Gasteiger partial charge is 0.127 e. The van der Waals surface area contributed by atoms with Crippen molar-refractivity contribution in [3.63, 3.8) is 0 Å². The zero-order valence-corrected chi connectivity index (χ0v) is 12.7. The molecule has 5 heteroatoms. The van der Waals surface area contributed by atoms with Crippen LogP contribution in [-0.4, -0.2) is 17.3 Å². The fraction of sp³-hybridized carbons (Fsp3) is 0.500. The molecule has 1 rings (SSSR count). The van der Waals surface area contributed by atoms with E-state index in [4.69, 9.17) is 23.2 Å². The summed E-state index contributed by atoms with van der Waals surface area (Å²) in [5, 5.41) is 3.24. The molecule has 0 atom stereocenters. The molecule has 0 spiro atoms. The number of hydrogen-bond donors (Lipinski definition) is 1. The van der Waals surface area contributed by atoms with E-state index in [1.54, 1.807) is 12.1 Å². The van der Waals surface area contributed by atoms with Crippen molar-refractivity contribution in [1.29, 1.82) is 0 Å². The van der Waals surface area contributed by atoms with Gasteiger partial charge in [0.05, 0.1) is 0 Å². The highest BCUT2D eigenvalue weighted by molar-refractivity contribution is 9.10. The van der Waals surface area contributed by atoms with Crippen LogP contribution >= 0.6 is 39.1 Å². The molecule has 17 heavy (non-hydrogen) atoms. The first kappa shape index (κ1) is 15.2. The first-order valence-corrected chi connectivity index (χ1v) is 7.24. The zero-order chi connectivity index (χ0) is 12.9. The molecule has 0 amide bonds. The predicted octanol–water partition coefficient (Wildman–Crippen LogP) is 4.30. The van der Waals surface area contributed by atoms with Gasteiger partial charge in [-0.3, -0.25) is 0 Å². The number of benzene rings is 1. The van der Waals surface area contributed by atoms with Crippen LogP contribution in [-0.2, 0) is 6.54 Å².